The number of carbonyl (C=O) groups is 1. The Morgan fingerprint density at radius 2 is 1.80 bits per heavy atom. The molecule has 2 saturated heterocycles. The van der Waals surface area contributed by atoms with Gasteiger partial charge in [0.25, 0.3) is 0 Å². The highest BCUT2D eigenvalue weighted by Gasteiger charge is 2.33. The Bertz CT molecular complexity index is 1110. The van der Waals surface area contributed by atoms with E-state index in [0.717, 1.165) is 62.3 Å². The van der Waals surface area contributed by atoms with E-state index in [0.29, 0.717) is 12.8 Å². The van der Waals surface area contributed by atoms with Gasteiger partial charge in [-0.05, 0) is 87.6 Å². The third-order valence-corrected chi connectivity index (χ3v) is 9.36. The van der Waals surface area contributed by atoms with Crippen LogP contribution in [0.1, 0.15) is 69.9 Å². The first kappa shape index (κ1) is 30.9. The Morgan fingerprint density at radius 3 is 2.50 bits per heavy atom. The van der Waals surface area contributed by atoms with Gasteiger partial charge >= 0.3 is 0 Å². The average molecular weight is 578 g/mol. The van der Waals surface area contributed by atoms with E-state index < -0.39 is 11.6 Å². The van der Waals surface area contributed by atoms with Crippen molar-refractivity contribution in [3.05, 3.63) is 65.0 Å². The SMILES string of the molecule is CCCSN1CCNCC1CCc1c(F)ccc(F)c1NC(=O)CC(c1ccc(F)cc1)C1CC(C)OC(C)C1. The number of piperazine rings is 1. The van der Waals surface area contributed by atoms with E-state index in [2.05, 4.69) is 21.9 Å². The quantitative estimate of drug-likeness (QED) is 0.292. The number of anilines is 1. The summed E-state index contributed by atoms with van der Waals surface area (Å²) >= 11 is 1.81. The van der Waals surface area contributed by atoms with Crippen LogP contribution in [0.2, 0.25) is 0 Å². The summed E-state index contributed by atoms with van der Waals surface area (Å²) in [5.74, 6) is -0.931. The molecule has 40 heavy (non-hydrogen) atoms. The fourth-order valence-electron chi connectivity index (χ4n) is 6.09. The molecule has 2 aliphatic heterocycles. The van der Waals surface area contributed by atoms with Crippen LogP contribution in [0.3, 0.4) is 0 Å². The summed E-state index contributed by atoms with van der Waals surface area (Å²) in [6.45, 7) is 8.77. The predicted molar refractivity (Wildman–Crippen MR) is 156 cm³/mol. The summed E-state index contributed by atoms with van der Waals surface area (Å²) in [4.78, 5) is 13.4. The lowest BCUT2D eigenvalue weighted by molar-refractivity contribution is -0.117. The third kappa shape index (κ3) is 8.24. The van der Waals surface area contributed by atoms with Crippen LogP contribution >= 0.6 is 11.9 Å². The maximum Gasteiger partial charge on any atom is 0.225 e. The molecule has 0 aromatic heterocycles. The predicted octanol–water partition coefficient (Wildman–Crippen LogP) is 6.68. The highest BCUT2D eigenvalue weighted by molar-refractivity contribution is 7.97. The Balaban J connectivity index is 1.51. The lowest BCUT2D eigenvalue weighted by Crippen LogP contribution is -2.48. The Labute approximate surface area is 240 Å². The van der Waals surface area contributed by atoms with Crippen LogP contribution in [0.25, 0.3) is 0 Å². The van der Waals surface area contributed by atoms with Crippen LogP contribution in [0, 0.1) is 23.4 Å². The van der Waals surface area contributed by atoms with Gasteiger partial charge in [-0.3, -0.25) is 4.79 Å². The standard InChI is InChI=1S/C31H42F3N3O2S/c1-4-15-40-37-14-13-35-19-25(37)9-10-26-28(33)11-12-29(34)31(26)36-30(38)18-27(22-5-7-24(32)8-6-22)23-16-20(2)39-21(3)17-23/h5-8,11-12,20-21,23,25,27,35H,4,9-10,13-19H2,1-3H3,(H,36,38). The molecular formula is C31H42F3N3O2S. The largest absolute Gasteiger partial charge is 0.376 e. The molecule has 0 bridgehead atoms. The first-order valence-corrected chi connectivity index (χ1v) is 15.5. The van der Waals surface area contributed by atoms with E-state index in [9.17, 15) is 9.18 Å². The highest BCUT2D eigenvalue weighted by Crippen LogP contribution is 2.39. The van der Waals surface area contributed by atoms with E-state index in [1.807, 2.05) is 13.8 Å². The van der Waals surface area contributed by atoms with Crippen molar-refractivity contribution in [1.82, 2.24) is 9.62 Å². The lowest BCUT2D eigenvalue weighted by Gasteiger charge is -2.37. The second-order valence-electron chi connectivity index (χ2n) is 11.2. The molecule has 4 rings (SSSR count). The molecule has 2 aliphatic rings. The zero-order valence-corrected chi connectivity index (χ0v) is 24.5. The minimum Gasteiger partial charge on any atom is -0.376 e. The van der Waals surface area contributed by atoms with Crippen LogP contribution in [0.4, 0.5) is 18.9 Å². The van der Waals surface area contributed by atoms with Gasteiger partial charge in [-0.2, -0.15) is 0 Å². The number of nitrogens with one attached hydrogen (secondary N) is 2. The fourth-order valence-corrected chi connectivity index (χ4v) is 7.12. The maximum absolute atomic E-state index is 15.1. The molecule has 220 valence electrons. The van der Waals surface area contributed by atoms with Crippen molar-refractivity contribution >= 4 is 23.5 Å². The molecule has 9 heteroatoms. The molecule has 2 aromatic carbocycles. The topological polar surface area (TPSA) is 53.6 Å². The molecule has 2 N–H and O–H groups in total. The van der Waals surface area contributed by atoms with Gasteiger partial charge in [-0.1, -0.05) is 31.0 Å². The Hall–Kier alpha value is -2.07. The van der Waals surface area contributed by atoms with Gasteiger partial charge in [0.05, 0.1) is 17.9 Å². The van der Waals surface area contributed by atoms with Crippen LogP contribution in [0.5, 0.6) is 0 Å². The van der Waals surface area contributed by atoms with Gasteiger partial charge in [-0.15, -0.1) is 0 Å². The number of carbonyl (C=O) groups excluding carboxylic acids is 1. The van der Waals surface area contributed by atoms with E-state index in [1.165, 1.54) is 12.1 Å². The number of benzene rings is 2. The van der Waals surface area contributed by atoms with E-state index >= 15 is 8.78 Å². The van der Waals surface area contributed by atoms with E-state index in [1.54, 1.807) is 24.1 Å². The molecule has 4 atom stereocenters. The molecule has 0 aliphatic carbocycles. The summed E-state index contributed by atoms with van der Waals surface area (Å²) in [6, 6.07) is 8.63. The van der Waals surface area contributed by atoms with Gasteiger partial charge in [-0.25, -0.2) is 17.5 Å². The maximum atomic E-state index is 15.1. The molecule has 2 heterocycles. The summed E-state index contributed by atoms with van der Waals surface area (Å²) < 4.78 is 52.1. The second kappa shape index (κ2) is 14.7. The monoisotopic (exact) mass is 577 g/mol. The molecule has 0 spiro atoms. The minimum atomic E-state index is -0.643. The average Bonchev–Trinajstić information content (AvgIpc) is 2.93. The van der Waals surface area contributed by atoms with Crippen LogP contribution < -0.4 is 10.6 Å². The van der Waals surface area contributed by atoms with Crippen LogP contribution in [0.15, 0.2) is 36.4 Å². The first-order valence-electron chi connectivity index (χ1n) is 14.5. The molecule has 0 saturated carbocycles. The summed E-state index contributed by atoms with van der Waals surface area (Å²) in [5, 5.41) is 6.14. The number of hydrogen-bond acceptors (Lipinski definition) is 5. The van der Waals surface area contributed by atoms with Crippen LogP contribution in [-0.4, -0.2) is 53.8 Å². The number of amides is 1. The fraction of sp³-hybridized carbons (Fsp3) is 0.581. The molecule has 2 fully saturated rings. The van der Waals surface area contributed by atoms with Crippen molar-refractivity contribution in [2.75, 3.05) is 30.7 Å². The van der Waals surface area contributed by atoms with Crippen molar-refractivity contribution in [3.8, 4) is 0 Å². The summed E-state index contributed by atoms with van der Waals surface area (Å²) in [7, 11) is 0. The number of halogens is 3. The van der Waals surface area contributed by atoms with Crippen LogP contribution in [-0.2, 0) is 16.0 Å². The first-order chi connectivity index (χ1) is 19.2. The highest BCUT2D eigenvalue weighted by atomic mass is 32.2. The van der Waals surface area contributed by atoms with Gasteiger partial charge in [0.2, 0.25) is 5.91 Å². The van der Waals surface area contributed by atoms with Crippen molar-refractivity contribution in [2.45, 2.75) is 83.5 Å². The molecule has 5 nitrogen and oxygen atoms in total. The van der Waals surface area contributed by atoms with E-state index in [4.69, 9.17) is 4.74 Å². The van der Waals surface area contributed by atoms with Gasteiger partial charge < -0.3 is 15.4 Å². The zero-order valence-electron chi connectivity index (χ0n) is 23.7. The smallest absolute Gasteiger partial charge is 0.225 e. The van der Waals surface area contributed by atoms with Gasteiger partial charge in [0.1, 0.15) is 17.5 Å². The van der Waals surface area contributed by atoms with Gasteiger partial charge in [0, 0.05) is 43.4 Å². The molecule has 1 amide bonds. The lowest BCUT2D eigenvalue weighted by atomic mass is 9.76. The summed E-state index contributed by atoms with van der Waals surface area (Å²) in [5.41, 5.74) is 0.983. The molecule has 2 aromatic rings. The van der Waals surface area contributed by atoms with Crippen molar-refractivity contribution in [2.24, 2.45) is 5.92 Å². The second-order valence-corrected chi connectivity index (χ2v) is 12.3. The van der Waals surface area contributed by atoms with E-state index in [-0.39, 0.29) is 59.5 Å². The van der Waals surface area contributed by atoms with Crippen molar-refractivity contribution in [3.63, 3.8) is 0 Å². The molecule has 0 radical (unpaired) electrons. The third-order valence-electron chi connectivity index (χ3n) is 7.96. The van der Waals surface area contributed by atoms with Crippen molar-refractivity contribution in [1.29, 1.82) is 0 Å². The minimum absolute atomic E-state index is 0.0383. The zero-order chi connectivity index (χ0) is 28.6. The molecular weight excluding hydrogens is 535 g/mol. The van der Waals surface area contributed by atoms with Gasteiger partial charge in [0.15, 0.2) is 0 Å². The Morgan fingerprint density at radius 1 is 1.10 bits per heavy atom. The van der Waals surface area contributed by atoms with Crippen molar-refractivity contribution < 1.29 is 22.7 Å². The normalized spacial score (nSPS) is 24.6. The number of ether oxygens (including phenoxy) is 1. The molecule has 4 unspecified atom stereocenters. The Kier molecular flexibility index (Phi) is 11.4. The number of rotatable bonds is 11. The number of hydrogen-bond donors (Lipinski definition) is 2. The summed E-state index contributed by atoms with van der Waals surface area (Å²) in [6.07, 6.45) is 3.71. The number of nitrogens with zero attached hydrogens (tertiary/aromatic N) is 1.